The lowest BCUT2D eigenvalue weighted by Gasteiger charge is -2.30. The first-order valence-corrected chi connectivity index (χ1v) is 6.82. The van der Waals surface area contributed by atoms with Crippen molar-refractivity contribution in [1.29, 1.82) is 0 Å². The van der Waals surface area contributed by atoms with E-state index in [1.165, 1.54) is 19.4 Å². The van der Waals surface area contributed by atoms with Crippen LogP contribution in [0.4, 0.5) is 0 Å². The molecule has 0 amide bonds. The van der Waals surface area contributed by atoms with Crippen LogP contribution in [0.2, 0.25) is 0 Å². The first kappa shape index (κ1) is 11.9. The number of hydrogen-bond donors (Lipinski definition) is 1. The standard InChI is InChI=1S/C13H18N4S/c1-9-5-6-11-12(14-9)17(13(18)15-11)10-4-3-7-16(2)8-10/h5-6,10H,3-4,7-8H2,1-2H3,(H,15,18). The van der Waals surface area contributed by atoms with Gasteiger partial charge in [0.15, 0.2) is 10.4 Å². The molecule has 0 bridgehead atoms. The zero-order valence-corrected chi connectivity index (χ0v) is 11.6. The number of likely N-dealkylation sites (N-methyl/N-ethyl adjacent to an activating group) is 1. The lowest BCUT2D eigenvalue weighted by molar-refractivity contribution is 0.213. The third-order valence-corrected chi connectivity index (χ3v) is 3.97. The van der Waals surface area contributed by atoms with Crippen LogP contribution in [0.1, 0.15) is 24.6 Å². The third-order valence-electron chi connectivity index (χ3n) is 3.67. The number of imidazole rings is 1. The highest BCUT2D eigenvalue weighted by atomic mass is 32.1. The van der Waals surface area contributed by atoms with Crippen molar-refractivity contribution < 1.29 is 0 Å². The molecule has 0 saturated carbocycles. The number of piperidine rings is 1. The van der Waals surface area contributed by atoms with Gasteiger partial charge in [0.1, 0.15) is 0 Å². The zero-order valence-electron chi connectivity index (χ0n) is 10.8. The van der Waals surface area contributed by atoms with Gasteiger partial charge in [0.25, 0.3) is 0 Å². The number of rotatable bonds is 1. The van der Waals surface area contributed by atoms with Gasteiger partial charge < -0.3 is 9.88 Å². The molecule has 1 atom stereocenters. The van der Waals surface area contributed by atoms with Crippen molar-refractivity contribution in [2.24, 2.45) is 0 Å². The summed E-state index contributed by atoms with van der Waals surface area (Å²) in [4.78, 5) is 10.3. The minimum atomic E-state index is 0.444. The largest absolute Gasteiger partial charge is 0.329 e. The number of aromatic amines is 1. The fraction of sp³-hybridized carbons (Fsp3) is 0.538. The third kappa shape index (κ3) is 1.97. The molecule has 1 saturated heterocycles. The molecule has 4 nitrogen and oxygen atoms in total. The van der Waals surface area contributed by atoms with E-state index in [-0.39, 0.29) is 0 Å². The smallest absolute Gasteiger partial charge is 0.179 e. The maximum absolute atomic E-state index is 5.46. The quantitative estimate of drug-likeness (QED) is 0.803. The summed E-state index contributed by atoms with van der Waals surface area (Å²) in [6.07, 6.45) is 2.41. The normalized spacial score (nSPS) is 21.6. The molecule has 0 aromatic carbocycles. The highest BCUT2D eigenvalue weighted by molar-refractivity contribution is 7.71. The molecule has 18 heavy (non-hydrogen) atoms. The number of nitrogens with zero attached hydrogens (tertiary/aromatic N) is 3. The van der Waals surface area contributed by atoms with E-state index in [0.29, 0.717) is 6.04 Å². The highest BCUT2D eigenvalue weighted by Gasteiger charge is 2.21. The van der Waals surface area contributed by atoms with Gasteiger partial charge in [-0.15, -0.1) is 0 Å². The van der Waals surface area contributed by atoms with Crippen molar-refractivity contribution in [3.05, 3.63) is 22.6 Å². The summed E-state index contributed by atoms with van der Waals surface area (Å²) in [6.45, 7) is 4.25. The Balaban J connectivity index is 2.12. The molecule has 3 rings (SSSR count). The molecule has 96 valence electrons. The van der Waals surface area contributed by atoms with Crippen LogP contribution >= 0.6 is 12.2 Å². The minimum absolute atomic E-state index is 0.444. The monoisotopic (exact) mass is 262 g/mol. The van der Waals surface area contributed by atoms with E-state index < -0.39 is 0 Å². The van der Waals surface area contributed by atoms with Crippen molar-refractivity contribution in [3.8, 4) is 0 Å². The van der Waals surface area contributed by atoms with Crippen LogP contribution < -0.4 is 0 Å². The van der Waals surface area contributed by atoms with Crippen molar-refractivity contribution in [1.82, 2.24) is 19.4 Å². The summed E-state index contributed by atoms with van der Waals surface area (Å²) in [5.41, 5.74) is 3.08. The van der Waals surface area contributed by atoms with Crippen molar-refractivity contribution in [2.45, 2.75) is 25.8 Å². The molecule has 1 aliphatic rings. The second-order valence-electron chi connectivity index (χ2n) is 5.18. The fourth-order valence-corrected chi connectivity index (χ4v) is 3.13. The molecule has 1 unspecified atom stereocenters. The number of hydrogen-bond acceptors (Lipinski definition) is 3. The predicted molar refractivity (Wildman–Crippen MR) is 75.4 cm³/mol. The van der Waals surface area contributed by atoms with E-state index >= 15 is 0 Å². The number of nitrogens with one attached hydrogen (secondary N) is 1. The molecule has 2 aromatic rings. The van der Waals surface area contributed by atoms with Gasteiger partial charge >= 0.3 is 0 Å². The Kier molecular flexibility index (Phi) is 2.95. The Bertz CT molecular complexity index is 627. The Morgan fingerprint density at radius 3 is 3.06 bits per heavy atom. The summed E-state index contributed by atoms with van der Waals surface area (Å²) < 4.78 is 3.00. The van der Waals surface area contributed by atoms with Gasteiger partial charge in [0, 0.05) is 12.2 Å². The van der Waals surface area contributed by atoms with Gasteiger partial charge in [-0.25, -0.2) is 4.98 Å². The molecule has 1 N–H and O–H groups in total. The maximum atomic E-state index is 5.46. The number of fused-ring (bicyclic) bond motifs is 1. The molecular formula is C13H18N4S. The lowest BCUT2D eigenvalue weighted by atomic mass is 10.1. The summed E-state index contributed by atoms with van der Waals surface area (Å²) >= 11 is 5.46. The molecule has 5 heteroatoms. The Hall–Kier alpha value is -1.20. The lowest BCUT2D eigenvalue weighted by Crippen LogP contribution is -2.33. The summed E-state index contributed by atoms with van der Waals surface area (Å²) in [6, 6.07) is 4.53. The molecule has 1 aliphatic heterocycles. The van der Waals surface area contributed by atoms with Crippen molar-refractivity contribution in [2.75, 3.05) is 20.1 Å². The Morgan fingerprint density at radius 2 is 2.28 bits per heavy atom. The first-order valence-electron chi connectivity index (χ1n) is 6.41. The van der Waals surface area contributed by atoms with E-state index in [0.717, 1.165) is 28.2 Å². The molecule has 2 aromatic heterocycles. The average Bonchev–Trinajstić information content (AvgIpc) is 2.64. The van der Waals surface area contributed by atoms with Crippen LogP contribution in [-0.4, -0.2) is 39.6 Å². The number of aryl methyl sites for hydroxylation is 1. The van der Waals surface area contributed by atoms with Crippen LogP contribution in [0.25, 0.3) is 11.2 Å². The van der Waals surface area contributed by atoms with Crippen LogP contribution in [-0.2, 0) is 0 Å². The predicted octanol–water partition coefficient (Wildman–Crippen LogP) is 2.67. The van der Waals surface area contributed by atoms with E-state index in [1.807, 2.05) is 13.0 Å². The van der Waals surface area contributed by atoms with Crippen molar-refractivity contribution >= 4 is 23.4 Å². The first-order chi connectivity index (χ1) is 8.65. The van der Waals surface area contributed by atoms with Gasteiger partial charge in [-0.1, -0.05) is 0 Å². The van der Waals surface area contributed by atoms with E-state index in [9.17, 15) is 0 Å². The SMILES string of the molecule is Cc1ccc2[nH]c(=S)n(C3CCCN(C)C3)c2n1. The number of likely N-dealkylation sites (tertiary alicyclic amines) is 1. The van der Waals surface area contributed by atoms with E-state index in [1.54, 1.807) is 0 Å². The average molecular weight is 262 g/mol. The number of H-pyrrole nitrogens is 1. The van der Waals surface area contributed by atoms with Gasteiger partial charge in [0.05, 0.1) is 11.6 Å². The summed E-state index contributed by atoms with van der Waals surface area (Å²) in [5, 5.41) is 0. The molecular weight excluding hydrogens is 244 g/mol. The zero-order chi connectivity index (χ0) is 12.7. The second kappa shape index (κ2) is 4.48. The molecule has 3 heterocycles. The molecule has 0 radical (unpaired) electrons. The maximum Gasteiger partial charge on any atom is 0.179 e. The fourth-order valence-electron chi connectivity index (χ4n) is 2.78. The molecule has 0 spiro atoms. The van der Waals surface area contributed by atoms with Gasteiger partial charge in [0.2, 0.25) is 0 Å². The van der Waals surface area contributed by atoms with Gasteiger partial charge in [-0.05, 0) is 57.7 Å². The van der Waals surface area contributed by atoms with Crippen molar-refractivity contribution in [3.63, 3.8) is 0 Å². The molecule has 1 fully saturated rings. The Labute approximate surface area is 112 Å². The molecule has 0 aliphatic carbocycles. The van der Waals surface area contributed by atoms with E-state index in [2.05, 4.69) is 32.5 Å². The number of aromatic nitrogens is 3. The van der Waals surface area contributed by atoms with Crippen LogP contribution in [0.15, 0.2) is 12.1 Å². The van der Waals surface area contributed by atoms with Crippen LogP contribution in [0.3, 0.4) is 0 Å². The summed E-state index contributed by atoms with van der Waals surface area (Å²) in [5.74, 6) is 0. The number of pyridine rings is 1. The van der Waals surface area contributed by atoms with Crippen LogP contribution in [0.5, 0.6) is 0 Å². The minimum Gasteiger partial charge on any atom is -0.329 e. The second-order valence-corrected chi connectivity index (χ2v) is 5.57. The van der Waals surface area contributed by atoms with Gasteiger partial charge in [-0.3, -0.25) is 4.57 Å². The van der Waals surface area contributed by atoms with E-state index in [4.69, 9.17) is 12.2 Å². The highest BCUT2D eigenvalue weighted by Crippen LogP contribution is 2.25. The van der Waals surface area contributed by atoms with Gasteiger partial charge in [-0.2, -0.15) is 0 Å². The topological polar surface area (TPSA) is 36.9 Å². The summed E-state index contributed by atoms with van der Waals surface area (Å²) in [7, 11) is 2.17. The Morgan fingerprint density at radius 1 is 1.44 bits per heavy atom. The van der Waals surface area contributed by atoms with Crippen LogP contribution in [0, 0.1) is 11.7 Å².